The molecule has 0 unspecified atom stereocenters. The number of amides is 1. The molecule has 1 aliphatic heterocycles. The number of benzene rings is 2. The average molecular weight is 478 g/mol. The van der Waals surface area contributed by atoms with Gasteiger partial charge in [-0.3, -0.25) is 9.78 Å². The number of nitrogens with zero attached hydrogens (tertiary/aromatic N) is 1. The number of carbonyl (C=O) groups is 1. The van der Waals surface area contributed by atoms with Crippen molar-refractivity contribution in [3.63, 3.8) is 0 Å². The highest BCUT2D eigenvalue weighted by atomic mass is 16.5. The van der Waals surface area contributed by atoms with Crippen LogP contribution in [0.3, 0.4) is 0 Å². The second kappa shape index (κ2) is 11.2. The van der Waals surface area contributed by atoms with Gasteiger partial charge >= 0.3 is 0 Å². The predicted octanol–water partition coefficient (Wildman–Crippen LogP) is 4.87. The molecule has 1 aromatic heterocycles. The summed E-state index contributed by atoms with van der Waals surface area (Å²) in [4.78, 5) is 17.5. The molecule has 2 aromatic carbocycles. The van der Waals surface area contributed by atoms with Gasteiger partial charge in [0.1, 0.15) is 12.4 Å². The van der Waals surface area contributed by atoms with Crippen LogP contribution in [0.25, 0.3) is 10.9 Å². The molecule has 2 heterocycles. The lowest BCUT2D eigenvalue weighted by Gasteiger charge is -2.23. The van der Waals surface area contributed by atoms with E-state index in [0.717, 1.165) is 59.5 Å². The number of hydrogen-bond donors (Lipinski definition) is 2. The molecule has 0 radical (unpaired) electrons. The summed E-state index contributed by atoms with van der Waals surface area (Å²) in [5, 5.41) is 7.48. The minimum absolute atomic E-state index is 0.164. The number of hydrogen-bond acceptors (Lipinski definition) is 6. The Labute approximate surface area is 207 Å². The van der Waals surface area contributed by atoms with Gasteiger partial charge in [0.25, 0.3) is 5.91 Å². The van der Waals surface area contributed by atoms with Gasteiger partial charge in [-0.25, -0.2) is 0 Å². The Morgan fingerprint density at radius 2 is 2.00 bits per heavy atom. The summed E-state index contributed by atoms with van der Waals surface area (Å²) in [5.74, 6) is 0.568. The molecule has 0 saturated carbocycles. The van der Waals surface area contributed by atoms with Gasteiger partial charge in [-0.2, -0.15) is 0 Å². The number of carbonyl (C=O) groups excluding carboxylic acids is 1. The maximum absolute atomic E-state index is 12.8. The zero-order valence-electron chi connectivity index (χ0n) is 21.0. The van der Waals surface area contributed by atoms with Crippen molar-refractivity contribution in [2.75, 3.05) is 32.2 Å². The predicted molar refractivity (Wildman–Crippen MR) is 138 cm³/mol. The average Bonchev–Trinajstić information content (AvgIpc) is 3.38. The second-order valence-corrected chi connectivity index (χ2v) is 9.65. The zero-order valence-corrected chi connectivity index (χ0v) is 21.0. The zero-order chi connectivity index (χ0) is 24.8. The Morgan fingerprint density at radius 1 is 1.20 bits per heavy atom. The van der Waals surface area contributed by atoms with E-state index < -0.39 is 0 Å². The van der Waals surface area contributed by atoms with Gasteiger partial charge in [-0.1, -0.05) is 6.07 Å². The van der Waals surface area contributed by atoms with Crippen molar-refractivity contribution in [2.45, 2.75) is 51.9 Å². The van der Waals surface area contributed by atoms with Crippen LogP contribution in [0.4, 0.5) is 5.69 Å². The van der Waals surface area contributed by atoms with Crippen LogP contribution in [0, 0.1) is 6.92 Å². The largest absolute Gasteiger partial charge is 0.491 e. The minimum Gasteiger partial charge on any atom is -0.491 e. The number of fused-ring (bicyclic) bond motifs is 1. The first-order valence-corrected chi connectivity index (χ1v) is 12.1. The van der Waals surface area contributed by atoms with Crippen LogP contribution in [0.15, 0.2) is 48.7 Å². The van der Waals surface area contributed by atoms with Crippen molar-refractivity contribution in [3.05, 3.63) is 65.4 Å². The molecule has 7 heteroatoms. The second-order valence-electron chi connectivity index (χ2n) is 9.65. The highest BCUT2D eigenvalue weighted by Gasteiger charge is 2.17. The third-order valence-corrected chi connectivity index (χ3v) is 6.42. The van der Waals surface area contributed by atoms with Gasteiger partial charge in [0.05, 0.1) is 17.2 Å². The molecule has 1 aliphatic rings. The number of aromatic nitrogens is 1. The number of methoxy groups -OCH3 is 1. The fourth-order valence-corrected chi connectivity index (χ4v) is 4.07. The smallest absolute Gasteiger partial charge is 0.255 e. The van der Waals surface area contributed by atoms with E-state index >= 15 is 0 Å². The summed E-state index contributed by atoms with van der Waals surface area (Å²) in [6, 6.07) is 13.3. The van der Waals surface area contributed by atoms with E-state index in [1.54, 1.807) is 19.2 Å². The molecule has 0 aliphatic carbocycles. The van der Waals surface area contributed by atoms with E-state index in [9.17, 15) is 4.79 Å². The van der Waals surface area contributed by atoms with E-state index in [1.165, 1.54) is 0 Å². The van der Waals surface area contributed by atoms with Gasteiger partial charge in [0.15, 0.2) is 0 Å². The van der Waals surface area contributed by atoms with Crippen molar-refractivity contribution in [2.24, 2.45) is 0 Å². The fourth-order valence-electron chi connectivity index (χ4n) is 4.07. The quantitative estimate of drug-likeness (QED) is 0.434. The van der Waals surface area contributed by atoms with E-state index in [2.05, 4.69) is 21.7 Å². The van der Waals surface area contributed by atoms with Gasteiger partial charge < -0.3 is 24.8 Å². The molecule has 1 saturated heterocycles. The molecule has 2 N–H and O–H groups in total. The fraction of sp³-hybridized carbons (Fsp3) is 0.429. The van der Waals surface area contributed by atoms with Crippen LogP contribution < -0.4 is 15.4 Å². The molecule has 186 valence electrons. The third kappa shape index (κ3) is 6.57. The first-order chi connectivity index (χ1) is 16.8. The number of pyridine rings is 1. The van der Waals surface area contributed by atoms with Gasteiger partial charge in [-0.05, 0) is 81.1 Å². The first-order valence-electron chi connectivity index (χ1n) is 12.1. The third-order valence-electron chi connectivity index (χ3n) is 6.42. The summed E-state index contributed by atoms with van der Waals surface area (Å²) in [5.41, 5.74) is 4.02. The molecular weight excluding hydrogens is 442 g/mol. The molecule has 0 spiro atoms. The Kier molecular flexibility index (Phi) is 8.00. The Bertz CT molecular complexity index is 1150. The van der Waals surface area contributed by atoms with E-state index in [4.69, 9.17) is 14.2 Å². The molecule has 35 heavy (non-hydrogen) atoms. The van der Waals surface area contributed by atoms with Gasteiger partial charge in [0, 0.05) is 49.6 Å². The lowest BCUT2D eigenvalue weighted by molar-refractivity contribution is 0.0230. The molecule has 4 rings (SSSR count). The molecule has 1 amide bonds. The molecule has 1 fully saturated rings. The lowest BCUT2D eigenvalue weighted by atomic mass is 10.1. The molecular formula is C28H35N3O4. The van der Waals surface area contributed by atoms with E-state index in [-0.39, 0.29) is 17.6 Å². The first kappa shape index (κ1) is 25.1. The van der Waals surface area contributed by atoms with Crippen molar-refractivity contribution in [1.82, 2.24) is 10.3 Å². The molecule has 0 bridgehead atoms. The number of anilines is 1. The topological polar surface area (TPSA) is 81.7 Å². The molecule has 7 nitrogen and oxygen atoms in total. The molecule has 3 aromatic rings. The summed E-state index contributed by atoms with van der Waals surface area (Å²) in [6.07, 6.45) is 4.16. The monoisotopic (exact) mass is 477 g/mol. The maximum atomic E-state index is 12.8. The number of aryl methyl sites for hydroxylation is 1. The summed E-state index contributed by atoms with van der Waals surface area (Å²) in [7, 11) is 1.72. The van der Waals surface area contributed by atoms with Crippen molar-refractivity contribution < 1.29 is 19.0 Å². The number of rotatable bonds is 10. The highest BCUT2D eigenvalue weighted by molar-refractivity contribution is 6.06. The Hall–Kier alpha value is -3.00. The highest BCUT2D eigenvalue weighted by Crippen LogP contribution is 2.25. The summed E-state index contributed by atoms with van der Waals surface area (Å²) in [6.45, 7) is 8.87. The number of nitrogens with one attached hydrogen (secondary N) is 2. The SMILES string of the molecule is COC(C)(C)CNCc1cnc2c(C)c(NC(=O)c3ccc(OC[C@@H]4CCCO4)cc3)ccc2c1. The Morgan fingerprint density at radius 3 is 2.71 bits per heavy atom. The van der Waals surface area contributed by atoms with Crippen LogP contribution in [0.2, 0.25) is 0 Å². The van der Waals surface area contributed by atoms with Crippen molar-refractivity contribution >= 4 is 22.5 Å². The Balaban J connectivity index is 1.37. The van der Waals surface area contributed by atoms with Crippen molar-refractivity contribution in [3.8, 4) is 5.75 Å². The van der Waals surface area contributed by atoms with Gasteiger partial charge in [-0.15, -0.1) is 0 Å². The normalized spacial score (nSPS) is 15.9. The van der Waals surface area contributed by atoms with Crippen LogP contribution in [-0.4, -0.2) is 49.5 Å². The van der Waals surface area contributed by atoms with Crippen LogP contribution in [-0.2, 0) is 16.0 Å². The van der Waals surface area contributed by atoms with E-state index in [1.807, 2.05) is 51.2 Å². The summed E-state index contributed by atoms with van der Waals surface area (Å²) < 4.78 is 16.8. The van der Waals surface area contributed by atoms with Crippen LogP contribution >= 0.6 is 0 Å². The van der Waals surface area contributed by atoms with E-state index in [0.29, 0.717) is 18.7 Å². The molecule has 1 atom stereocenters. The van der Waals surface area contributed by atoms with Gasteiger partial charge in [0.2, 0.25) is 0 Å². The maximum Gasteiger partial charge on any atom is 0.255 e. The van der Waals surface area contributed by atoms with Crippen molar-refractivity contribution in [1.29, 1.82) is 0 Å². The standard InChI is InChI=1S/C28H35N3O4/c1-19-25(12-9-22-14-20(16-30-26(19)22)15-29-18-28(2,3)33-4)31-27(32)21-7-10-23(11-8-21)35-17-24-6-5-13-34-24/h7-12,14,16,24,29H,5-6,13,15,17-18H2,1-4H3,(H,31,32)/t24-/m0/s1. The number of ether oxygens (including phenoxy) is 3. The minimum atomic E-state index is -0.217. The van der Waals surface area contributed by atoms with Crippen LogP contribution in [0.5, 0.6) is 5.75 Å². The van der Waals surface area contributed by atoms with Crippen LogP contribution in [0.1, 0.15) is 48.2 Å². The summed E-state index contributed by atoms with van der Waals surface area (Å²) >= 11 is 0. The lowest BCUT2D eigenvalue weighted by Crippen LogP contribution is -2.36.